The summed E-state index contributed by atoms with van der Waals surface area (Å²) in [6.45, 7) is 5.86. The molecule has 146 valence electrons. The topological polar surface area (TPSA) is 57.8 Å². The Hall–Kier alpha value is -2.82. The minimum absolute atomic E-state index is 0.194. The summed E-state index contributed by atoms with van der Waals surface area (Å²) in [6, 6.07) is 14.8. The molecule has 4 rings (SSSR count). The Morgan fingerprint density at radius 2 is 1.72 bits per heavy atom. The van der Waals surface area contributed by atoms with Crippen LogP contribution in [0.1, 0.15) is 27.0 Å². The molecule has 0 saturated heterocycles. The molecule has 0 aliphatic carbocycles. The molecule has 0 aliphatic rings. The molecule has 1 aromatic heterocycles. The number of benzene rings is 3. The molecule has 1 amide bonds. The average molecular weight is 424 g/mol. The van der Waals surface area contributed by atoms with Gasteiger partial charge in [0, 0.05) is 26.9 Å². The quantitative estimate of drug-likeness (QED) is 0.384. The number of fused-ring (bicyclic) bond motifs is 1. The fraction of sp³-hybridized carbons (Fsp3) is 0.130. The van der Waals surface area contributed by atoms with Gasteiger partial charge in [-0.1, -0.05) is 29.3 Å². The molecule has 0 unspecified atom stereocenters. The number of carbonyl (C=O) groups excluding carboxylic acids is 1. The van der Waals surface area contributed by atoms with Crippen LogP contribution in [0.3, 0.4) is 0 Å². The fourth-order valence-corrected chi connectivity index (χ4v) is 3.60. The lowest BCUT2D eigenvalue weighted by atomic mass is 10.0. The summed E-state index contributed by atoms with van der Waals surface area (Å²) in [4.78, 5) is 20.6. The highest BCUT2D eigenvalue weighted by molar-refractivity contribution is 6.32. The van der Waals surface area contributed by atoms with Crippen molar-refractivity contribution in [3.8, 4) is 11.4 Å². The van der Waals surface area contributed by atoms with E-state index in [1.54, 1.807) is 12.1 Å². The smallest absolute Gasteiger partial charge is 0.255 e. The highest BCUT2D eigenvalue weighted by Crippen LogP contribution is 2.30. The van der Waals surface area contributed by atoms with Gasteiger partial charge >= 0.3 is 0 Å². The molecule has 0 aliphatic heterocycles. The van der Waals surface area contributed by atoms with Crippen molar-refractivity contribution in [3.63, 3.8) is 0 Å². The number of rotatable bonds is 3. The van der Waals surface area contributed by atoms with Crippen LogP contribution >= 0.6 is 23.2 Å². The maximum absolute atomic E-state index is 12.6. The number of halogens is 2. The van der Waals surface area contributed by atoms with Crippen molar-refractivity contribution in [2.45, 2.75) is 20.8 Å². The van der Waals surface area contributed by atoms with Gasteiger partial charge in [0.2, 0.25) is 0 Å². The van der Waals surface area contributed by atoms with E-state index in [2.05, 4.69) is 15.3 Å². The van der Waals surface area contributed by atoms with Crippen molar-refractivity contribution in [2.75, 3.05) is 5.32 Å². The van der Waals surface area contributed by atoms with Gasteiger partial charge in [0.1, 0.15) is 5.82 Å². The number of carbonyl (C=O) groups is 1. The van der Waals surface area contributed by atoms with Gasteiger partial charge in [0.05, 0.1) is 11.0 Å². The van der Waals surface area contributed by atoms with Gasteiger partial charge in [-0.2, -0.15) is 0 Å². The van der Waals surface area contributed by atoms with Crippen LogP contribution in [-0.4, -0.2) is 15.9 Å². The first-order chi connectivity index (χ1) is 13.8. The van der Waals surface area contributed by atoms with Gasteiger partial charge in [0.25, 0.3) is 5.91 Å². The number of nitrogens with one attached hydrogen (secondary N) is 2. The number of hydrogen-bond acceptors (Lipinski definition) is 2. The number of aryl methyl sites for hydroxylation is 3. The van der Waals surface area contributed by atoms with E-state index >= 15 is 0 Å². The monoisotopic (exact) mass is 423 g/mol. The van der Waals surface area contributed by atoms with Crippen molar-refractivity contribution in [1.29, 1.82) is 0 Å². The second-order valence-electron chi connectivity index (χ2n) is 7.15. The number of aromatic nitrogens is 2. The van der Waals surface area contributed by atoms with Gasteiger partial charge in [-0.15, -0.1) is 0 Å². The summed E-state index contributed by atoms with van der Waals surface area (Å²) in [7, 11) is 0. The van der Waals surface area contributed by atoms with Gasteiger partial charge in [-0.05, 0) is 79.9 Å². The molecule has 0 saturated carbocycles. The van der Waals surface area contributed by atoms with E-state index < -0.39 is 0 Å². The summed E-state index contributed by atoms with van der Waals surface area (Å²) < 4.78 is 0. The number of nitrogens with zero attached hydrogens (tertiary/aromatic N) is 1. The molecule has 0 atom stereocenters. The zero-order valence-corrected chi connectivity index (χ0v) is 17.7. The standard InChI is InChI=1S/C23H19Cl2N3O/c1-12-4-5-15(10-18(12)25)23(29)28-20-9-13(2)17(8-14(20)3)22-26-19-7-6-16(24)11-21(19)27-22/h4-11H,1-3H3,(H,26,27)(H,28,29). The molecular formula is C23H19Cl2N3O. The molecule has 29 heavy (non-hydrogen) atoms. The SMILES string of the molecule is Cc1ccc(C(=O)Nc2cc(C)c(-c3nc4ccc(Cl)cc4[nH]3)cc2C)cc1Cl. The van der Waals surface area contributed by atoms with Crippen LogP contribution in [0, 0.1) is 20.8 Å². The molecule has 4 nitrogen and oxygen atoms in total. The maximum Gasteiger partial charge on any atom is 0.255 e. The van der Waals surface area contributed by atoms with Crippen LogP contribution in [0.4, 0.5) is 5.69 Å². The van der Waals surface area contributed by atoms with Crippen LogP contribution in [-0.2, 0) is 0 Å². The van der Waals surface area contributed by atoms with Crippen molar-refractivity contribution in [1.82, 2.24) is 9.97 Å². The second kappa shape index (κ2) is 7.54. The van der Waals surface area contributed by atoms with Gasteiger partial charge in [-0.3, -0.25) is 4.79 Å². The Morgan fingerprint density at radius 3 is 2.48 bits per heavy atom. The average Bonchev–Trinajstić information content (AvgIpc) is 3.09. The van der Waals surface area contributed by atoms with E-state index in [-0.39, 0.29) is 5.91 Å². The number of imidazole rings is 1. The maximum atomic E-state index is 12.6. The van der Waals surface area contributed by atoms with E-state index in [0.717, 1.165) is 44.8 Å². The van der Waals surface area contributed by atoms with Crippen LogP contribution in [0.25, 0.3) is 22.4 Å². The summed E-state index contributed by atoms with van der Waals surface area (Å²) in [5.41, 5.74) is 6.88. The first-order valence-corrected chi connectivity index (χ1v) is 9.92. The van der Waals surface area contributed by atoms with Gasteiger partial charge < -0.3 is 10.3 Å². The number of anilines is 1. The Labute approximate surface area is 178 Å². The molecule has 3 aromatic carbocycles. The summed E-state index contributed by atoms with van der Waals surface area (Å²) in [5, 5.41) is 4.22. The minimum atomic E-state index is -0.194. The molecule has 0 spiro atoms. The summed E-state index contributed by atoms with van der Waals surface area (Å²) in [5.74, 6) is 0.576. The number of H-pyrrole nitrogens is 1. The second-order valence-corrected chi connectivity index (χ2v) is 7.99. The first-order valence-electron chi connectivity index (χ1n) is 9.16. The molecular weight excluding hydrogens is 405 g/mol. The van der Waals surface area contributed by atoms with E-state index in [1.165, 1.54) is 0 Å². The largest absolute Gasteiger partial charge is 0.338 e. The Balaban J connectivity index is 1.65. The molecule has 0 radical (unpaired) electrons. The van der Waals surface area contributed by atoms with E-state index in [0.29, 0.717) is 15.6 Å². The number of hydrogen-bond donors (Lipinski definition) is 2. The third-order valence-electron chi connectivity index (χ3n) is 4.95. The minimum Gasteiger partial charge on any atom is -0.338 e. The number of aromatic amines is 1. The van der Waals surface area contributed by atoms with Gasteiger partial charge in [0.15, 0.2) is 0 Å². The molecule has 1 heterocycles. The zero-order valence-electron chi connectivity index (χ0n) is 16.2. The summed E-state index contributed by atoms with van der Waals surface area (Å²) >= 11 is 12.2. The molecule has 4 aromatic rings. The molecule has 0 fully saturated rings. The van der Waals surface area contributed by atoms with Crippen molar-refractivity contribution in [3.05, 3.63) is 80.8 Å². The van der Waals surface area contributed by atoms with Crippen molar-refractivity contribution in [2.24, 2.45) is 0 Å². The lowest BCUT2D eigenvalue weighted by Crippen LogP contribution is -2.13. The Morgan fingerprint density at radius 1 is 0.931 bits per heavy atom. The first kappa shape index (κ1) is 19.5. The lowest BCUT2D eigenvalue weighted by Gasteiger charge is -2.13. The van der Waals surface area contributed by atoms with Crippen LogP contribution < -0.4 is 5.32 Å². The van der Waals surface area contributed by atoms with Crippen molar-refractivity contribution < 1.29 is 4.79 Å². The van der Waals surface area contributed by atoms with Crippen molar-refractivity contribution >= 4 is 45.8 Å². The third-order valence-corrected chi connectivity index (χ3v) is 5.59. The Kier molecular flexibility index (Phi) is 5.07. The van der Waals surface area contributed by atoms with Crippen LogP contribution in [0.15, 0.2) is 48.5 Å². The molecule has 2 N–H and O–H groups in total. The molecule has 6 heteroatoms. The normalized spacial score (nSPS) is 11.1. The number of amides is 1. The highest BCUT2D eigenvalue weighted by Gasteiger charge is 2.14. The zero-order chi connectivity index (χ0) is 20.7. The predicted octanol–water partition coefficient (Wildman–Crippen LogP) is 6.71. The van der Waals surface area contributed by atoms with Crippen LogP contribution in [0.2, 0.25) is 10.0 Å². The lowest BCUT2D eigenvalue weighted by molar-refractivity contribution is 0.102. The third kappa shape index (κ3) is 3.86. The van der Waals surface area contributed by atoms with E-state index in [9.17, 15) is 4.79 Å². The molecule has 0 bridgehead atoms. The van der Waals surface area contributed by atoms with E-state index in [4.69, 9.17) is 23.2 Å². The predicted molar refractivity (Wildman–Crippen MR) is 120 cm³/mol. The fourth-order valence-electron chi connectivity index (χ4n) is 3.24. The van der Waals surface area contributed by atoms with E-state index in [1.807, 2.05) is 57.2 Å². The van der Waals surface area contributed by atoms with Crippen LogP contribution in [0.5, 0.6) is 0 Å². The Bertz CT molecular complexity index is 1260. The van der Waals surface area contributed by atoms with Gasteiger partial charge in [-0.25, -0.2) is 4.98 Å². The summed E-state index contributed by atoms with van der Waals surface area (Å²) in [6.07, 6.45) is 0. The highest BCUT2D eigenvalue weighted by atomic mass is 35.5.